The number of halogens is 3. The van der Waals surface area contributed by atoms with Crippen LogP contribution in [0, 0.1) is 0 Å². The van der Waals surface area contributed by atoms with Crippen molar-refractivity contribution < 1.29 is 13.2 Å². The van der Waals surface area contributed by atoms with Gasteiger partial charge in [0, 0.05) is 31.0 Å². The van der Waals surface area contributed by atoms with Gasteiger partial charge in [0.15, 0.2) is 5.69 Å². The minimum atomic E-state index is -4.55. The summed E-state index contributed by atoms with van der Waals surface area (Å²) in [4.78, 5) is 10.8. The average molecular weight is 286 g/mol. The monoisotopic (exact) mass is 286 g/mol. The molecular formula is C11H13F3N6. The van der Waals surface area contributed by atoms with E-state index in [9.17, 15) is 13.2 Å². The summed E-state index contributed by atoms with van der Waals surface area (Å²) in [5, 5.41) is 2.85. The highest BCUT2D eigenvalue weighted by Crippen LogP contribution is 2.29. The molecule has 2 aromatic rings. The molecule has 0 radical (unpaired) electrons. The van der Waals surface area contributed by atoms with Gasteiger partial charge in [-0.1, -0.05) is 0 Å². The Morgan fingerprint density at radius 3 is 2.75 bits per heavy atom. The maximum Gasteiger partial charge on any atom is 0.433 e. The van der Waals surface area contributed by atoms with Gasteiger partial charge in [-0.15, -0.1) is 0 Å². The molecule has 0 saturated carbocycles. The molecule has 2 rings (SSSR count). The fourth-order valence-electron chi connectivity index (χ4n) is 1.69. The number of hydrogen-bond acceptors (Lipinski definition) is 5. The number of anilines is 2. The Labute approximate surface area is 112 Å². The van der Waals surface area contributed by atoms with Gasteiger partial charge in [0.2, 0.25) is 5.95 Å². The van der Waals surface area contributed by atoms with Crippen molar-refractivity contribution in [3.05, 3.63) is 30.5 Å². The van der Waals surface area contributed by atoms with Gasteiger partial charge >= 0.3 is 6.18 Å². The second kappa shape index (κ2) is 5.35. The van der Waals surface area contributed by atoms with E-state index in [1.807, 2.05) is 6.92 Å². The van der Waals surface area contributed by atoms with Gasteiger partial charge in [-0.05, 0) is 6.92 Å². The minimum Gasteiger partial charge on any atom is -0.368 e. The maximum absolute atomic E-state index is 12.6. The highest BCUT2D eigenvalue weighted by Gasteiger charge is 2.33. The van der Waals surface area contributed by atoms with Crippen LogP contribution in [0.25, 0.3) is 0 Å². The van der Waals surface area contributed by atoms with E-state index in [1.54, 1.807) is 23.3 Å². The third kappa shape index (κ3) is 3.59. The fraction of sp³-hybridized carbons (Fsp3) is 0.364. The second-order valence-electron chi connectivity index (χ2n) is 4.30. The quantitative estimate of drug-likeness (QED) is 0.895. The first-order valence-corrected chi connectivity index (χ1v) is 5.78. The number of nitrogens with one attached hydrogen (secondary N) is 1. The Kier molecular flexibility index (Phi) is 3.77. The summed E-state index contributed by atoms with van der Waals surface area (Å²) >= 11 is 0. The summed E-state index contributed by atoms with van der Waals surface area (Å²) in [5.41, 5.74) is 4.22. The Balaban J connectivity index is 2.11. The summed E-state index contributed by atoms with van der Waals surface area (Å²) in [6.07, 6.45) is 0.444. The van der Waals surface area contributed by atoms with Crippen LogP contribution in [0.15, 0.2) is 24.8 Å². The molecule has 1 unspecified atom stereocenters. The Morgan fingerprint density at radius 1 is 1.40 bits per heavy atom. The number of nitrogens with zero attached hydrogens (tertiary/aromatic N) is 4. The molecule has 0 bridgehead atoms. The summed E-state index contributed by atoms with van der Waals surface area (Å²) in [6.45, 7) is 2.34. The van der Waals surface area contributed by atoms with Crippen molar-refractivity contribution in [2.75, 3.05) is 11.1 Å². The Bertz CT molecular complexity index is 566. The Morgan fingerprint density at radius 2 is 2.15 bits per heavy atom. The number of imidazole rings is 1. The molecule has 0 aromatic carbocycles. The summed E-state index contributed by atoms with van der Waals surface area (Å²) < 4.78 is 39.6. The fourth-order valence-corrected chi connectivity index (χ4v) is 1.69. The molecular weight excluding hydrogens is 273 g/mol. The standard InChI is InChI=1S/C11H13F3N6/c1-7(5-20-3-2-16-6-20)17-9-4-8(11(12,13)14)18-10(15)19-9/h2-4,6-7H,5H2,1H3,(H3,15,17,18,19). The molecule has 6 nitrogen and oxygen atoms in total. The smallest absolute Gasteiger partial charge is 0.368 e. The lowest BCUT2D eigenvalue weighted by atomic mass is 10.3. The SMILES string of the molecule is CC(Cn1ccnc1)Nc1cc(C(F)(F)F)nc(N)n1. The van der Waals surface area contributed by atoms with E-state index in [1.165, 1.54) is 0 Å². The van der Waals surface area contributed by atoms with Gasteiger partial charge in [-0.3, -0.25) is 0 Å². The van der Waals surface area contributed by atoms with Crippen LogP contribution in [0.2, 0.25) is 0 Å². The summed E-state index contributed by atoms with van der Waals surface area (Å²) in [5.74, 6) is -0.380. The zero-order valence-corrected chi connectivity index (χ0v) is 10.6. The lowest BCUT2D eigenvalue weighted by Gasteiger charge is -2.16. The predicted octanol–water partition coefficient (Wildman–Crippen LogP) is 1.77. The number of aromatic nitrogens is 4. The number of nitrogens with two attached hydrogens (primary N) is 1. The van der Waals surface area contributed by atoms with Crippen molar-refractivity contribution in [1.82, 2.24) is 19.5 Å². The molecule has 0 saturated heterocycles. The van der Waals surface area contributed by atoms with E-state index in [-0.39, 0.29) is 11.9 Å². The van der Waals surface area contributed by atoms with Crippen LogP contribution in [-0.4, -0.2) is 25.6 Å². The van der Waals surface area contributed by atoms with E-state index in [4.69, 9.17) is 5.73 Å². The van der Waals surface area contributed by atoms with Crippen LogP contribution in [-0.2, 0) is 12.7 Å². The van der Waals surface area contributed by atoms with E-state index in [0.717, 1.165) is 6.07 Å². The topological polar surface area (TPSA) is 81.7 Å². The van der Waals surface area contributed by atoms with E-state index < -0.39 is 17.8 Å². The molecule has 2 heterocycles. The van der Waals surface area contributed by atoms with E-state index >= 15 is 0 Å². The highest BCUT2D eigenvalue weighted by atomic mass is 19.4. The highest BCUT2D eigenvalue weighted by molar-refractivity contribution is 5.41. The molecule has 0 aliphatic carbocycles. The number of alkyl halides is 3. The van der Waals surface area contributed by atoms with Gasteiger partial charge in [0.05, 0.1) is 6.33 Å². The zero-order valence-electron chi connectivity index (χ0n) is 10.6. The molecule has 0 fully saturated rings. The van der Waals surface area contributed by atoms with Crippen molar-refractivity contribution >= 4 is 11.8 Å². The van der Waals surface area contributed by atoms with Crippen LogP contribution in [0.1, 0.15) is 12.6 Å². The average Bonchev–Trinajstić information content (AvgIpc) is 2.79. The second-order valence-corrected chi connectivity index (χ2v) is 4.30. The van der Waals surface area contributed by atoms with Gasteiger partial charge in [-0.2, -0.15) is 18.2 Å². The van der Waals surface area contributed by atoms with Crippen molar-refractivity contribution in [3.63, 3.8) is 0 Å². The van der Waals surface area contributed by atoms with Crippen molar-refractivity contribution in [3.8, 4) is 0 Å². The molecule has 0 spiro atoms. The number of nitrogen functional groups attached to an aromatic ring is 1. The predicted molar refractivity (Wildman–Crippen MR) is 66.8 cm³/mol. The van der Waals surface area contributed by atoms with E-state index in [0.29, 0.717) is 6.54 Å². The van der Waals surface area contributed by atoms with Crippen LogP contribution >= 0.6 is 0 Å². The van der Waals surface area contributed by atoms with Gasteiger partial charge < -0.3 is 15.6 Å². The van der Waals surface area contributed by atoms with Crippen LogP contribution in [0.4, 0.5) is 24.9 Å². The molecule has 0 aliphatic heterocycles. The van der Waals surface area contributed by atoms with E-state index in [2.05, 4.69) is 20.3 Å². The van der Waals surface area contributed by atoms with Gasteiger partial charge in [0.25, 0.3) is 0 Å². The summed E-state index contributed by atoms with van der Waals surface area (Å²) in [6, 6.07) is 0.681. The van der Waals surface area contributed by atoms with Crippen molar-refractivity contribution in [2.45, 2.75) is 25.7 Å². The lowest BCUT2D eigenvalue weighted by Crippen LogP contribution is -2.23. The normalized spacial score (nSPS) is 13.2. The Hall–Kier alpha value is -2.32. The molecule has 108 valence electrons. The molecule has 3 N–H and O–H groups in total. The molecule has 9 heteroatoms. The number of rotatable bonds is 4. The largest absolute Gasteiger partial charge is 0.433 e. The first-order chi connectivity index (χ1) is 9.34. The zero-order chi connectivity index (χ0) is 14.8. The first kappa shape index (κ1) is 14.1. The molecule has 20 heavy (non-hydrogen) atoms. The first-order valence-electron chi connectivity index (χ1n) is 5.78. The molecule has 0 amide bonds. The lowest BCUT2D eigenvalue weighted by molar-refractivity contribution is -0.141. The van der Waals surface area contributed by atoms with Crippen LogP contribution < -0.4 is 11.1 Å². The summed E-state index contributed by atoms with van der Waals surface area (Å²) in [7, 11) is 0. The number of hydrogen-bond donors (Lipinski definition) is 2. The maximum atomic E-state index is 12.6. The molecule has 2 aromatic heterocycles. The van der Waals surface area contributed by atoms with Gasteiger partial charge in [0.1, 0.15) is 5.82 Å². The third-order valence-electron chi connectivity index (χ3n) is 2.47. The van der Waals surface area contributed by atoms with Crippen LogP contribution in [0.3, 0.4) is 0 Å². The van der Waals surface area contributed by atoms with Crippen molar-refractivity contribution in [1.29, 1.82) is 0 Å². The molecule has 1 atom stereocenters. The minimum absolute atomic E-state index is 0.0393. The van der Waals surface area contributed by atoms with Crippen molar-refractivity contribution in [2.24, 2.45) is 0 Å². The van der Waals surface area contributed by atoms with Crippen LogP contribution in [0.5, 0.6) is 0 Å². The van der Waals surface area contributed by atoms with Gasteiger partial charge in [-0.25, -0.2) is 9.97 Å². The molecule has 0 aliphatic rings. The third-order valence-corrected chi connectivity index (χ3v) is 2.47.